The quantitative estimate of drug-likeness (QED) is 0.485. The molecule has 0 unspecified atom stereocenters. The summed E-state index contributed by atoms with van der Waals surface area (Å²) in [5, 5.41) is 9.53. The molecule has 0 radical (unpaired) electrons. The molecule has 2 aromatic carbocycles. The highest BCUT2D eigenvalue weighted by atomic mass is 19.1. The van der Waals surface area contributed by atoms with Crippen LogP contribution in [0, 0.1) is 11.7 Å². The van der Waals surface area contributed by atoms with Gasteiger partial charge >= 0.3 is 0 Å². The van der Waals surface area contributed by atoms with Crippen molar-refractivity contribution in [1.82, 2.24) is 10.6 Å². The molecular formula is C23H29FN4O. The fourth-order valence-electron chi connectivity index (χ4n) is 3.52. The number of benzene rings is 2. The molecule has 0 bridgehead atoms. The zero-order valence-corrected chi connectivity index (χ0v) is 16.9. The number of rotatable bonds is 7. The molecular weight excluding hydrogens is 367 g/mol. The van der Waals surface area contributed by atoms with Crippen molar-refractivity contribution in [2.24, 2.45) is 10.9 Å². The van der Waals surface area contributed by atoms with Crippen LogP contribution in [0.4, 0.5) is 10.1 Å². The molecule has 0 aliphatic heterocycles. The number of amides is 1. The summed E-state index contributed by atoms with van der Waals surface area (Å²) in [6, 6.07) is 14.3. The molecule has 1 aliphatic carbocycles. The summed E-state index contributed by atoms with van der Waals surface area (Å²) in [5.41, 5.74) is 2.69. The Kier molecular flexibility index (Phi) is 7.61. The van der Waals surface area contributed by atoms with Gasteiger partial charge in [0.05, 0.1) is 6.54 Å². The van der Waals surface area contributed by atoms with Crippen LogP contribution in [-0.4, -0.2) is 18.4 Å². The molecule has 1 saturated carbocycles. The minimum Gasteiger partial charge on any atom is -0.357 e. The van der Waals surface area contributed by atoms with E-state index in [2.05, 4.69) is 20.9 Å². The molecule has 0 atom stereocenters. The van der Waals surface area contributed by atoms with Gasteiger partial charge in [-0.3, -0.25) is 4.79 Å². The van der Waals surface area contributed by atoms with Crippen LogP contribution in [0.2, 0.25) is 0 Å². The largest absolute Gasteiger partial charge is 0.357 e. The van der Waals surface area contributed by atoms with E-state index in [-0.39, 0.29) is 17.6 Å². The first-order valence-electron chi connectivity index (χ1n) is 10.3. The molecule has 6 heteroatoms. The first kappa shape index (κ1) is 20.8. The number of hydrogen-bond acceptors (Lipinski definition) is 2. The Morgan fingerprint density at radius 3 is 2.59 bits per heavy atom. The van der Waals surface area contributed by atoms with Crippen molar-refractivity contribution in [2.75, 3.05) is 11.9 Å². The monoisotopic (exact) mass is 396 g/mol. The average Bonchev–Trinajstić information content (AvgIpc) is 3.25. The molecule has 154 valence electrons. The summed E-state index contributed by atoms with van der Waals surface area (Å²) in [4.78, 5) is 16.9. The van der Waals surface area contributed by atoms with Gasteiger partial charge in [0, 0.05) is 24.7 Å². The number of carbonyl (C=O) groups is 1. The van der Waals surface area contributed by atoms with Crippen LogP contribution in [-0.2, 0) is 17.9 Å². The summed E-state index contributed by atoms with van der Waals surface area (Å²) in [5.74, 6) is 0.675. The molecule has 1 aliphatic rings. The van der Waals surface area contributed by atoms with E-state index in [4.69, 9.17) is 0 Å². The molecule has 2 aromatic rings. The van der Waals surface area contributed by atoms with Crippen molar-refractivity contribution in [3.8, 4) is 0 Å². The van der Waals surface area contributed by atoms with Gasteiger partial charge in [0.2, 0.25) is 5.91 Å². The van der Waals surface area contributed by atoms with Crippen LogP contribution in [0.25, 0.3) is 0 Å². The van der Waals surface area contributed by atoms with Gasteiger partial charge in [0.15, 0.2) is 5.96 Å². The predicted octanol–water partition coefficient (Wildman–Crippen LogP) is 4.21. The summed E-state index contributed by atoms with van der Waals surface area (Å²) in [7, 11) is 0. The zero-order valence-electron chi connectivity index (χ0n) is 16.9. The van der Waals surface area contributed by atoms with Gasteiger partial charge < -0.3 is 16.0 Å². The third kappa shape index (κ3) is 6.59. The lowest BCUT2D eigenvalue weighted by Crippen LogP contribution is -2.36. The molecule has 29 heavy (non-hydrogen) atoms. The maximum absolute atomic E-state index is 13.3. The summed E-state index contributed by atoms with van der Waals surface area (Å²) in [6.07, 6.45) is 4.26. The van der Waals surface area contributed by atoms with Crippen LogP contribution >= 0.6 is 0 Å². The zero-order chi connectivity index (χ0) is 20.5. The lowest BCUT2D eigenvalue weighted by atomic mass is 10.1. The van der Waals surface area contributed by atoms with Crippen molar-refractivity contribution < 1.29 is 9.18 Å². The number of anilines is 1. The predicted molar refractivity (Wildman–Crippen MR) is 115 cm³/mol. The number of guanidine groups is 1. The molecule has 0 heterocycles. The van der Waals surface area contributed by atoms with Gasteiger partial charge in [-0.2, -0.15) is 0 Å². The van der Waals surface area contributed by atoms with Crippen molar-refractivity contribution >= 4 is 17.6 Å². The van der Waals surface area contributed by atoms with E-state index in [1.807, 2.05) is 37.3 Å². The number of aliphatic imine (C=N–C) groups is 1. The van der Waals surface area contributed by atoms with Crippen LogP contribution in [0.3, 0.4) is 0 Å². The minimum absolute atomic E-state index is 0.123. The van der Waals surface area contributed by atoms with E-state index in [0.29, 0.717) is 19.0 Å². The Bertz CT molecular complexity index is 846. The van der Waals surface area contributed by atoms with Gasteiger partial charge in [0.25, 0.3) is 0 Å². The molecule has 3 rings (SSSR count). The smallest absolute Gasteiger partial charge is 0.227 e. The Morgan fingerprint density at radius 1 is 1.07 bits per heavy atom. The lowest BCUT2D eigenvalue weighted by molar-refractivity contribution is -0.119. The summed E-state index contributed by atoms with van der Waals surface area (Å²) >= 11 is 0. The Hall–Kier alpha value is -2.89. The first-order valence-corrected chi connectivity index (χ1v) is 10.3. The molecule has 0 aromatic heterocycles. The van der Waals surface area contributed by atoms with Crippen molar-refractivity contribution in [1.29, 1.82) is 0 Å². The maximum Gasteiger partial charge on any atom is 0.227 e. The molecule has 1 amide bonds. The van der Waals surface area contributed by atoms with Crippen LogP contribution in [0.1, 0.15) is 43.7 Å². The van der Waals surface area contributed by atoms with Gasteiger partial charge in [-0.25, -0.2) is 9.38 Å². The highest BCUT2D eigenvalue weighted by molar-refractivity contribution is 5.92. The van der Waals surface area contributed by atoms with Gasteiger partial charge in [-0.15, -0.1) is 0 Å². The molecule has 5 nitrogen and oxygen atoms in total. The summed E-state index contributed by atoms with van der Waals surface area (Å²) in [6.45, 7) is 3.69. The van der Waals surface area contributed by atoms with Crippen LogP contribution < -0.4 is 16.0 Å². The fourth-order valence-corrected chi connectivity index (χ4v) is 3.52. The highest BCUT2D eigenvalue weighted by Crippen LogP contribution is 2.26. The SMILES string of the molecule is CCNC(=NCc1cccc(F)c1)NCc1cccc(NC(=O)C2CCCC2)c1. The Labute approximate surface area is 171 Å². The second-order valence-corrected chi connectivity index (χ2v) is 7.35. The number of hydrogen-bond donors (Lipinski definition) is 3. The molecule has 1 fully saturated rings. The Balaban J connectivity index is 1.57. The van der Waals surface area contributed by atoms with Gasteiger partial charge in [0.1, 0.15) is 5.82 Å². The third-order valence-corrected chi connectivity index (χ3v) is 5.03. The molecule has 0 spiro atoms. The molecule has 3 N–H and O–H groups in total. The van der Waals surface area contributed by atoms with E-state index < -0.39 is 0 Å². The topological polar surface area (TPSA) is 65.5 Å². The van der Waals surface area contributed by atoms with Crippen LogP contribution in [0.15, 0.2) is 53.5 Å². The maximum atomic E-state index is 13.3. The Morgan fingerprint density at radius 2 is 1.83 bits per heavy atom. The summed E-state index contributed by atoms with van der Waals surface area (Å²) < 4.78 is 13.3. The van der Waals surface area contributed by atoms with E-state index in [1.54, 1.807) is 6.07 Å². The lowest BCUT2D eigenvalue weighted by Gasteiger charge is -2.13. The van der Waals surface area contributed by atoms with E-state index in [1.165, 1.54) is 12.1 Å². The first-order chi connectivity index (χ1) is 14.1. The molecule has 0 saturated heterocycles. The highest BCUT2D eigenvalue weighted by Gasteiger charge is 2.22. The fraction of sp³-hybridized carbons (Fsp3) is 0.391. The van der Waals surface area contributed by atoms with Crippen molar-refractivity contribution in [3.63, 3.8) is 0 Å². The number of nitrogens with zero attached hydrogens (tertiary/aromatic N) is 1. The van der Waals surface area contributed by atoms with E-state index in [9.17, 15) is 9.18 Å². The van der Waals surface area contributed by atoms with Crippen molar-refractivity contribution in [2.45, 2.75) is 45.7 Å². The second kappa shape index (κ2) is 10.6. The van der Waals surface area contributed by atoms with E-state index in [0.717, 1.165) is 49.0 Å². The van der Waals surface area contributed by atoms with Gasteiger partial charge in [-0.1, -0.05) is 37.1 Å². The third-order valence-electron chi connectivity index (χ3n) is 5.03. The second-order valence-electron chi connectivity index (χ2n) is 7.35. The van der Waals surface area contributed by atoms with Crippen molar-refractivity contribution in [3.05, 3.63) is 65.5 Å². The number of nitrogens with one attached hydrogen (secondary N) is 3. The standard InChI is InChI=1S/C23H29FN4O/c1-2-25-23(26-15-17-7-5-11-20(24)13-17)27-16-18-8-6-12-21(14-18)28-22(29)19-9-3-4-10-19/h5-8,11-14,19H,2-4,9-10,15-16H2,1H3,(H,28,29)(H2,25,26,27). The minimum atomic E-state index is -0.257. The normalized spacial score (nSPS) is 14.6. The van der Waals surface area contributed by atoms with E-state index >= 15 is 0 Å². The number of carbonyl (C=O) groups excluding carboxylic acids is 1. The van der Waals surface area contributed by atoms with Crippen LogP contribution in [0.5, 0.6) is 0 Å². The number of halogens is 1. The average molecular weight is 397 g/mol. The van der Waals surface area contributed by atoms with Gasteiger partial charge in [-0.05, 0) is 55.2 Å².